The minimum atomic E-state index is -0.148. The number of esters is 1. The average Bonchev–Trinajstić information content (AvgIpc) is 2.79. The normalized spacial score (nSPS) is 27.3. The first-order valence-electron chi connectivity index (χ1n) is 5.69. The lowest BCUT2D eigenvalue weighted by Crippen LogP contribution is -2.07. The van der Waals surface area contributed by atoms with Gasteiger partial charge in [-0.1, -0.05) is 25.5 Å². The molecule has 0 saturated heterocycles. The number of carbonyl (C=O) groups excluding carboxylic acids is 1. The monoisotopic (exact) mass is 233 g/mol. The quantitative estimate of drug-likeness (QED) is 0.428. The molecule has 1 aliphatic carbocycles. The fourth-order valence-electron chi connectivity index (χ4n) is 2.27. The van der Waals surface area contributed by atoms with Crippen LogP contribution in [0.1, 0.15) is 27.7 Å². The molecule has 0 spiro atoms. The fraction of sp³-hybridized carbons (Fsp3) is 0.571. The Labute approximate surface area is 103 Å². The number of nitriles is 1. The van der Waals surface area contributed by atoms with E-state index in [1.54, 1.807) is 6.92 Å². The van der Waals surface area contributed by atoms with Gasteiger partial charge in [-0.25, -0.2) is 0 Å². The molecule has 0 aromatic carbocycles. The van der Waals surface area contributed by atoms with Gasteiger partial charge in [0.1, 0.15) is 0 Å². The van der Waals surface area contributed by atoms with Gasteiger partial charge in [-0.2, -0.15) is 5.26 Å². The Balaban J connectivity index is 2.82. The zero-order chi connectivity index (χ0) is 13.2. The van der Waals surface area contributed by atoms with Gasteiger partial charge in [-0.15, -0.1) is 0 Å². The number of carbonyl (C=O) groups is 1. The molecule has 0 amide bonds. The summed E-state index contributed by atoms with van der Waals surface area (Å²) in [4.78, 5) is 11.5. The first-order valence-corrected chi connectivity index (χ1v) is 5.69. The van der Waals surface area contributed by atoms with E-state index in [2.05, 4.69) is 26.0 Å². The molecule has 1 fully saturated rings. The second-order valence-corrected chi connectivity index (χ2v) is 5.20. The van der Waals surface area contributed by atoms with E-state index in [-0.39, 0.29) is 23.2 Å². The van der Waals surface area contributed by atoms with Crippen molar-refractivity contribution >= 4 is 5.97 Å². The molecule has 0 aromatic rings. The standard InChI is InChI=1S/C14H19NO2/c1-9(6-10(2)8-15)7-11-12(13(16)17-5)14(11,3)4/h6-7,11-12H,1-5H3/b9-7+,10-6+/t11-,12+/m1/s1. The van der Waals surface area contributed by atoms with Gasteiger partial charge < -0.3 is 4.74 Å². The van der Waals surface area contributed by atoms with Crippen LogP contribution in [0.5, 0.6) is 0 Å². The lowest BCUT2D eigenvalue weighted by Gasteiger charge is -1.99. The first kappa shape index (κ1) is 13.5. The number of nitrogens with zero attached hydrogens (tertiary/aromatic N) is 1. The van der Waals surface area contributed by atoms with E-state index in [1.807, 2.05) is 13.0 Å². The maximum Gasteiger partial charge on any atom is 0.309 e. The average molecular weight is 233 g/mol. The van der Waals surface area contributed by atoms with Crippen LogP contribution in [0.3, 0.4) is 0 Å². The summed E-state index contributed by atoms with van der Waals surface area (Å²) in [5, 5.41) is 8.69. The summed E-state index contributed by atoms with van der Waals surface area (Å²) in [6.07, 6.45) is 3.89. The first-order chi connectivity index (χ1) is 7.84. The van der Waals surface area contributed by atoms with Crippen molar-refractivity contribution in [2.24, 2.45) is 17.3 Å². The van der Waals surface area contributed by atoms with E-state index >= 15 is 0 Å². The largest absolute Gasteiger partial charge is 0.469 e. The number of ether oxygens (including phenoxy) is 1. The van der Waals surface area contributed by atoms with E-state index < -0.39 is 0 Å². The molecule has 0 aromatic heterocycles. The number of rotatable bonds is 3. The number of allylic oxidation sites excluding steroid dienone is 4. The highest BCUT2D eigenvalue weighted by Crippen LogP contribution is 2.59. The van der Waals surface area contributed by atoms with E-state index in [0.29, 0.717) is 5.57 Å². The van der Waals surface area contributed by atoms with Gasteiger partial charge in [-0.3, -0.25) is 4.79 Å². The number of hydrogen-bond acceptors (Lipinski definition) is 3. The van der Waals surface area contributed by atoms with E-state index in [1.165, 1.54) is 7.11 Å². The predicted molar refractivity (Wildman–Crippen MR) is 65.9 cm³/mol. The van der Waals surface area contributed by atoms with Crippen molar-refractivity contribution in [3.8, 4) is 6.07 Å². The Hall–Kier alpha value is -1.56. The van der Waals surface area contributed by atoms with Crippen LogP contribution >= 0.6 is 0 Å². The van der Waals surface area contributed by atoms with Crippen molar-refractivity contribution in [2.45, 2.75) is 27.7 Å². The van der Waals surface area contributed by atoms with Gasteiger partial charge in [0.2, 0.25) is 0 Å². The van der Waals surface area contributed by atoms with E-state index in [4.69, 9.17) is 10.00 Å². The molecule has 3 nitrogen and oxygen atoms in total. The number of methoxy groups -OCH3 is 1. The summed E-state index contributed by atoms with van der Waals surface area (Å²) in [6.45, 7) is 7.84. The maximum absolute atomic E-state index is 11.5. The SMILES string of the molecule is COC(=O)[C@@H]1[C@@H](/C=C(C)/C=C(\C)C#N)C1(C)C. The highest BCUT2D eigenvalue weighted by atomic mass is 16.5. The molecule has 0 aliphatic heterocycles. The highest BCUT2D eigenvalue weighted by molar-refractivity contribution is 5.78. The van der Waals surface area contributed by atoms with Gasteiger partial charge in [0, 0.05) is 5.57 Å². The predicted octanol–water partition coefficient (Wildman–Crippen LogP) is 2.85. The van der Waals surface area contributed by atoms with E-state index in [9.17, 15) is 4.79 Å². The number of hydrogen-bond donors (Lipinski definition) is 0. The van der Waals surface area contributed by atoms with Crippen LogP contribution in [0.15, 0.2) is 23.3 Å². The second-order valence-electron chi connectivity index (χ2n) is 5.20. The lowest BCUT2D eigenvalue weighted by molar-refractivity contribution is -0.143. The van der Waals surface area contributed by atoms with Gasteiger partial charge in [0.05, 0.1) is 19.1 Å². The van der Waals surface area contributed by atoms with Crippen LogP contribution < -0.4 is 0 Å². The third-order valence-corrected chi connectivity index (χ3v) is 3.43. The summed E-state index contributed by atoms with van der Waals surface area (Å²) in [5.74, 6) is 0.000898. The summed E-state index contributed by atoms with van der Waals surface area (Å²) in [6, 6.07) is 2.08. The fourth-order valence-corrected chi connectivity index (χ4v) is 2.27. The second kappa shape index (κ2) is 4.75. The van der Waals surface area contributed by atoms with Crippen molar-refractivity contribution in [1.82, 2.24) is 0 Å². The molecule has 1 rings (SSSR count). The minimum Gasteiger partial charge on any atom is -0.469 e. The Kier molecular flexibility index (Phi) is 3.77. The molecule has 0 N–H and O–H groups in total. The zero-order valence-corrected chi connectivity index (χ0v) is 11.1. The Morgan fingerprint density at radius 2 is 2.00 bits per heavy atom. The molecule has 0 unspecified atom stereocenters. The molecular formula is C14H19NO2. The van der Waals surface area contributed by atoms with Gasteiger partial charge in [0.25, 0.3) is 0 Å². The smallest absolute Gasteiger partial charge is 0.309 e. The van der Waals surface area contributed by atoms with Gasteiger partial charge in [0.15, 0.2) is 0 Å². The van der Waals surface area contributed by atoms with Crippen LogP contribution in [0.4, 0.5) is 0 Å². The van der Waals surface area contributed by atoms with Crippen LogP contribution in [0, 0.1) is 28.6 Å². The molecule has 2 atom stereocenters. The van der Waals surface area contributed by atoms with Gasteiger partial charge in [-0.05, 0) is 31.3 Å². The summed E-state index contributed by atoms with van der Waals surface area (Å²) in [5.41, 5.74) is 1.66. The van der Waals surface area contributed by atoms with Crippen molar-refractivity contribution in [3.63, 3.8) is 0 Å². The zero-order valence-electron chi connectivity index (χ0n) is 11.1. The molecule has 0 radical (unpaired) electrons. The third-order valence-electron chi connectivity index (χ3n) is 3.43. The Morgan fingerprint density at radius 3 is 2.47 bits per heavy atom. The summed E-state index contributed by atoms with van der Waals surface area (Å²) in [7, 11) is 1.42. The Bertz CT molecular complexity index is 424. The minimum absolute atomic E-state index is 0.0389. The van der Waals surface area contributed by atoms with Crippen LogP contribution in [0.2, 0.25) is 0 Å². The van der Waals surface area contributed by atoms with Crippen LogP contribution in [0.25, 0.3) is 0 Å². The summed E-state index contributed by atoms with van der Waals surface area (Å²) >= 11 is 0. The Morgan fingerprint density at radius 1 is 1.41 bits per heavy atom. The highest BCUT2D eigenvalue weighted by Gasteiger charge is 2.61. The van der Waals surface area contributed by atoms with Crippen LogP contribution in [-0.2, 0) is 9.53 Å². The molecular weight excluding hydrogens is 214 g/mol. The lowest BCUT2D eigenvalue weighted by atomic mass is 10.1. The molecule has 1 saturated carbocycles. The molecule has 92 valence electrons. The molecule has 17 heavy (non-hydrogen) atoms. The third kappa shape index (κ3) is 2.76. The van der Waals surface area contributed by atoms with Gasteiger partial charge >= 0.3 is 5.97 Å². The van der Waals surface area contributed by atoms with Crippen molar-refractivity contribution in [1.29, 1.82) is 5.26 Å². The van der Waals surface area contributed by atoms with Crippen molar-refractivity contribution in [2.75, 3.05) is 7.11 Å². The van der Waals surface area contributed by atoms with Crippen LogP contribution in [-0.4, -0.2) is 13.1 Å². The van der Waals surface area contributed by atoms with Crippen molar-refractivity contribution in [3.05, 3.63) is 23.3 Å². The molecule has 0 heterocycles. The maximum atomic E-state index is 11.5. The molecule has 1 aliphatic rings. The summed E-state index contributed by atoms with van der Waals surface area (Å²) < 4.78 is 4.79. The molecule has 3 heteroatoms. The molecule has 0 bridgehead atoms. The van der Waals surface area contributed by atoms with E-state index in [0.717, 1.165) is 5.57 Å². The van der Waals surface area contributed by atoms with Crippen molar-refractivity contribution < 1.29 is 9.53 Å². The topological polar surface area (TPSA) is 50.1 Å².